The first-order valence-corrected chi connectivity index (χ1v) is 28.7. The molecule has 5 aliphatic rings. The number of cyclic esters (lactones) is 1. The Morgan fingerprint density at radius 1 is 0.651 bits per heavy atom. The minimum atomic E-state index is -1.64. The fraction of sp³-hybridized carbons (Fsp3) is 0.540. The summed E-state index contributed by atoms with van der Waals surface area (Å²) >= 11 is 0. The lowest BCUT2D eigenvalue weighted by molar-refractivity contribution is -0.307. The first-order chi connectivity index (χ1) is 39.8. The number of fused-ring (bicyclic) bond motifs is 7. The van der Waals surface area contributed by atoms with Gasteiger partial charge >= 0.3 is 18.2 Å². The van der Waals surface area contributed by atoms with Gasteiger partial charge in [0.05, 0.1) is 73.4 Å². The van der Waals surface area contributed by atoms with Crippen molar-refractivity contribution in [2.75, 3.05) is 13.7 Å². The number of aliphatic hydroxyl groups excluding tert-OH is 8. The fourth-order valence-electron chi connectivity index (χ4n) is 11.3. The van der Waals surface area contributed by atoms with E-state index in [2.05, 4.69) is 10.6 Å². The van der Waals surface area contributed by atoms with Gasteiger partial charge in [-0.3, -0.25) is 4.79 Å². The van der Waals surface area contributed by atoms with Crippen molar-refractivity contribution in [1.29, 1.82) is 0 Å². The highest BCUT2D eigenvalue weighted by Gasteiger charge is 2.54. The second kappa shape index (κ2) is 30.8. The Morgan fingerprint density at radius 3 is 1.88 bits per heavy atom. The average Bonchev–Trinajstić information content (AvgIpc) is 2.79. The van der Waals surface area contributed by atoms with Crippen molar-refractivity contribution >= 4 is 18.2 Å². The van der Waals surface area contributed by atoms with Crippen LogP contribution in [0.1, 0.15) is 96.1 Å². The second-order valence-electron chi connectivity index (χ2n) is 22.3. The number of nitrogens with one attached hydrogen (secondary N) is 2. The maximum absolute atomic E-state index is 13.6. The van der Waals surface area contributed by atoms with Gasteiger partial charge in [-0.25, -0.2) is 9.59 Å². The lowest BCUT2D eigenvalue weighted by Gasteiger charge is -2.46. The average molecular weight is 1160 g/mol. The molecule has 83 heavy (non-hydrogen) atoms. The summed E-state index contributed by atoms with van der Waals surface area (Å²) in [5.74, 6) is -3.31. The van der Waals surface area contributed by atoms with Crippen molar-refractivity contribution in [2.45, 2.75) is 188 Å². The highest BCUT2D eigenvalue weighted by Crippen LogP contribution is 2.45. The molecule has 10 N–H and O–H groups in total. The Hall–Kier alpha value is -5.85. The van der Waals surface area contributed by atoms with Gasteiger partial charge in [0.2, 0.25) is 0 Å². The number of aliphatic hydroxyl groups is 8. The molecule has 20 nitrogen and oxygen atoms in total. The van der Waals surface area contributed by atoms with Crippen LogP contribution >= 0.6 is 0 Å². The molecule has 19 atom stereocenters. The Bertz CT molecular complexity index is 2610. The van der Waals surface area contributed by atoms with Crippen LogP contribution in [0.2, 0.25) is 0 Å². The van der Waals surface area contributed by atoms with Crippen LogP contribution in [-0.4, -0.2) is 176 Å². The largest absolute Gasteiger partial charge is 0.462 e. The number of allylic oxidation sites excluding steroid dienone is 12. The van der Waals surface area contributed by atoms with Gasteiger partial charge < -0.3 is 84.6 Å². The highest BCUT2D eigenvalue weighted by molar-refractivity contribution is 5.79. The molecule has 20 heteroatoms. The molecule has 0 spiro atoms. The van der Waals surface area contributed by atoms with Crippen LogP contribution in [-0.2, 0) is 38.0 Å². The number of rotatable bonds is 6. The minimum absolute atomic E-state index is 0.0121. The van der Waals surface area contributed by atoms with Crippen molar-refractivity contribution in [1.82, 2.24) is 10.6 Å². The number of alkyl carbamates (subject to hydrolysis) is 2. The van der Waals surface area contributed by atoms with E-state index in [0.717, 1.165) is 22.3 Å². The van der Waals surface area contributed by atoms with Gasteiger partial charge in [0.15, 0.2) is 12.1 Å². The molecular formula is C63H84N2O18. The van der Waals surface area contributed by atoms with Crippen LogP contribution in [0.25, 0.3) is 11.1 Å². The van der Waals surface area contributed by atoms with Crippen molar-refractivity contribution < 1.29 is 88.4 Å². The maximum Gasteiger partial charge on any atom is 0.407 e. The smallest absolute Gasteiger partial charge is 0.407 e. The summed E-state index contributed by atoms with van der Waals surface area (Å²) in [6, 6.07) is 13.7. The van der Waals surface area contributed by atoms with Gasteiger partial charge in [-0.05, 0) is 55.4 Å². The molecule has 4 aliphatic heterocycles. The summed E-state index contributed by atoms with van der Waals surface area (Å²) in [5.41, 5.74) is 4.11. The molecule has 2 bridgehead atoms. The van der Waals surface area contributed by atoms with E-state index in [1.165, 1.54) is 7.11 Å². The van der Waals surface area contributed by atoms with Gasteiger partial charge in [0.25, 0.3) is 0 Å². The number of amides is 2. The number of esters is 1. The first-order valence-electron chi connectivity index (χ1n) is 28.7. The van der Waals surface area contributed by atoms with Crippen LogP contribution < -0.4 is 10.6 Å². The molecule has 454 valence electrons. The number of carbonyl (C=O) groups excluding carboxylic acids is 3. The molecule has 7 rings (SSSR count). The highest BCUT2D eigenvalue weighted by atomic mass is 16.7. The van der Waals surface area contributed by atoms with Crippen LogP contribution in [0.5, 0.6) is 0 Å². The number of hydrogen-bond donors (Lipinski definition) is 10. The summed E-state index contributed by atoms with van der Waals surface area (Å²) in [6.45, 7) is 6.82. The summed E-state index contributed by atoms with van der Waals surface area (Å²) in [6.07, 6.45) is 5.57. The van der Waals surface area contributed by atoms with Gasteiger partial charge in [0, 0.05) is 50.5 Å². The molecule has 2 amide bonds. The van der Waals surface area contributed by atoms with Gasteiger partial charge in [-0.1, -0.05) is 147 Å². The Labute approximate surface area is 485 Å². The van der Waals surface area contributed by atoms with E-state index in [1.54, 1.807) is 51.2 Å². The van der Waals surface area contributed by atoms with E-state index < -0.39 is 134 Å². The predicted octanol–water partition coefficient (Wildman–Crippen LogP) is 5.36. The van der Waals surface area contributed by atoms with Crippen molar-refractivity contribution in [3.05, 3.63) is 145 Å². The molecular weight excluding hydrogens is 1070 g/mol. The molecule has 0 radical (unpaired) electrons. The first kappa shape index (κ1) is 64.7. The molecule has 1 aliphatic carbocycles. The normalized spacial score (nSPS) is 39.1. The van der Waals surface area contributed by atoms with E-state index in [0.29, 0.717) is 0 Å². The number of ether oxygens (including phenoxy) is 7. The minimum Gasteiger partial charge on any atom is -0.462 e. The predicted molar refractivity (Wildman–Crippen MR) is 306 cm³/mol. The lowest BCUT2D eigenvalue weighted by Crippen LogP contribution is -2.64. The van der Waals surface area contributed by atoms with E-state index in [-0.39, 0.29) is 63.4 Å². The SMILES string of the molecule is CO[C@]12CC3OC(=O)N[C@H]3C(C[C@@H](OC3OC(C)C(O)C(NC(=O)OCC4c5ccccc5-c5ccccc54)C3O)/C=C/C=C/C=C/C=C/C=C/C=C/C=C/[C@H](C)[C@@H](O)[C@@H](C)[C@H](C)OC(=O)C[C@H](O)C[C@H](O)CC[C@@H](O)[C@H](O)C[C@H](O)C1)O2. The van der Waals surface area contributed by atoms with Gasteiger partial charge in [-0.15, -0.1) is 0 Å². The zero-order valence-corrected chi connectivity index (χ0v) is 47.7. The summed E-state index contributed by atoms with van der Waals surface area (Å²) in [7, 11) is 1.36. The maximum atomic E-state index is 13.6. The monoisotopic (exact) mass is 1160 g/mol. The quantitative estimate of drug-likeness (QED) is 0.129. The van der Waals surface area contributed by atoms with Crippen molar-refractivity contribution in [2.24, 2.45) is 11.8 Å². The molecule has 7 unspecified atom stereocenters. The zero-order chi connectivity index (χ0) is 59.8. The van der Waals surface area contributed by atoms with Crippen LogP contribution in [0, 0.1) is 11.8 Å². The van der Waals surface area contributed by atoms with Crippen LogP contribution in [0.15, 0.2) is 134 Å². The second-order valence-corrected chi connectivity index (χ2v) is 22.3. The molecule has 4 heterocycles. The standard InChI is InChI=1S/C63H84N2O18/c1-37-22-16-14-12-10-8-6-7-9-11-13-15-17-23-44(81-60-59(74)56(58(73)40(4)80-60)65-61(75)78-36-49-47-26-20-18-24-45(47)46-25-19-21-27-48(46)49)33-52-55-53(82-62(76)64-55)35-63(77-5,83-52)34-43(68)31-51(70)50(69)29-28-41(66)30-42(67)32-54(71)79-39(3)38(2)57(37)72/h6-27,37-44,49-53,55-60,66-70,72-74H,28-36H2,1-5H3,(H,64,76)(H,65,75)/b7-6+,10-8+,11-9+,14-12+,15-13+,22-16+,23-17+/t37-,38-,39-,40?,41+,42+,43-,44-,50+,51+,52?,53?,55-,56?,57+,58?,59?,60?,63+/m0/s1. The molecule has 0 aromatic heterocycles. The molecule has 3 fully saturated rings. The summed E-state index contributed by atoms with van der Waals surface area (Å²) in [4.78, 5) is 39.2. The van der Waals surface area contributed by atoms with E-state index >= 15 is 0 Å². The Balaban J connectivity index is 1.08. The third-order valence-corrected chi connectivity index (χ3v) is 16.2. The summed E-state index contributed by atoms with van der Waals surface area (Å²) in [5, 5.41) is 94.5. The number of methoxy groups -OCH3 is 1. The van der Waals surface area contributed by atoms with Crippen LogP contribution in [0.4, 0.5) is 9.59 Å². The van der Waals surface area contributed by atoms with Crippen molar-refractivity contribution in [3.8, 4) is 11.1 Å². The van der Waals surface area contributed by atoms with Crippen LogP contribution in [0.3, 0.4) is 0 Å². The van der Waals surface area contributed by atoms with E-state index in [4.69, 9.17) is 33.2 Å². The van der Waals surface area contributed by atoms with Crippen molar-refractivity contribution in [3.63, 3.8) is 0 Å². The third kappa shape index (κ3) is 17.9. The van der Waals surface area contributed by atoms with E-state index in [9.17, 15) is 55.2 Å². The Morgan fingerprint density at radius 2 is 1.25 bits per heavy atom. The molecule has 2 aromatic rings. The zero-order valence-electron chi connectivity index (χ0n) is 47.7. The number of carbonyl (C=O) groups is 3. The molecule has 2 aromatic carbocycles. The molecule has 3 saturated heterocycles. The lowest BCUT2D eigenvalue weighted by atomic mass is 9.87. The third-order valence-electron chi connectivity index (χ3n) is 16.2. The number of benzene rings is 2. The number of hydrogen-bond acceptors (Lipinski definition) is 18. The Kier molecular flexibility index (Phi) is 24.0. The summed E-state index contributed by atoms with van der Waals surface area (Å²) < 4.78 is 42.2. The van der Waals surface area contributed by atoms with E-state index in [1.807, 2.05) is 110 Å². The van der Waals surface area contributed by atoms with Gasteiger partial charge in [0.1, 0.15) is 31.0 Å². The topological polar surface area (TPSA) is 302 Å². The molecule has 0 saturated carbocycles. The fourth-order valence-corrected chi connectivity index (χ4v) is 11.3. The van der Waals surface area contributed by atoms with Gasteiger partial charge in [-0.2, -0.15) is 0 Å².